The summed E-state index contributed by atoms with van der Waals surface area (Å²) in [7, 11) is 3.49. The molecule has 0 saturated carbocycles. The molecule has 2 aromatic rings. The Kier molecular flexibility index (Phi) is 8.47. The van der Waals surface area contributed by atoms with Gasteiger partial charge in [-0.2, -0.15) is 0 Å². The van der Waals surface area contributed by atoms with Gasteiger partial charge in [0.15, 0.2) is 5.96 Å². The van der Waals surface area contributed by atoms with Crippen molar-refractivity contribution >= 4 is 12.1 Å². The monoisotopic (exact) mass is 429 g/mol. The number of nitrogens with one attached hydrogen (secondary N) is 2. The van der Waals surface area contributed by atoms with Gasteiger partial charge in [0.25, 0.3) is 0 Å². The lowest BCUT2D eigenvalue weighted by Crippen LogP contribution is -2.37. The minimum Gasteiger partial charge on any atom is -0.444 e. The van der Waals surface area contributed by atoms with Gasteiger partial charge in [-0.3, -0.25) is 4.99 Å². The van der Waals surface area contributed by atoms with Crippen molar-refractivity contribution < 1.29 is 14.1 Å². The Labute approximate surface area is 185 Å². The number of aliphatic imine (C=N–C) groups is 1. The quantitative estimate of drug-likeness (QED) is 0.516. The predicted octanol–water partition coefficient (Wildman–Crippen LogP) is 3.57. The van der Waals surface area contributed by atoms with E-state index in [-0.39, 0.29) is 6.09 Å². The van der Waals surface area contributed by atoms with Crippen LogP contribution in [0.5, 0.6) is 0 Å². The fraction of sp³-hybridized carbons (Fsp3) is 0.522. The van der Waals surface area contributed by atoms with E-state index in [1.54, 1.807) is 19.0 Å². The van der Waals surface area contributed by atoms with Gasteiger partial charge in [0.2, 0.25) is 0 Å². The van der Waals surface area contributed by atoms with Crippen LogP contribution >= 0.6 is 0 Å². The summed E-state index contributed by atoms with van der Waals surface area (Å²) in [6.07, 6.45) is 0.492. The fourth-order valence-corrected chi connectivity index (χ4v) is 3.01. The van der Waals surface area contributed by atoms with Crippen molar-refractivity contribution in [3.05, 3.63) is 52.4 Å². The standard InChI is InChI=1S/C23H35N5O3/c1-16-20(17(2)31-27-16)12-13-25-21(24-6)26-14-18-8-10-19(11-9-18)15-28(7)22(29)30-23(3,4)5/h8-11H,12-15H2,1-7H3,(H2,24,25,26). The largest absolute Gasteiger partial charge is 0.444 e. The summed E-state index contributed by atoms with van der Waals surface area (Å²) in [6.45, 7) is 11.3. The highest BCUT2D eigenvalue weighted by Gasteiger charge is 2.19. The number of rotatable bonds is 7. The molecule has 0 atom stereocenters. The first-order valence-corrected chi connectivity index (χ1v) is 10.5. The highest BCUT2D eigenvalue weighted by atomic mass is 16.6. The molecule has 0 bridgehead atoms. The van der Waals surface area contributed by atoms with Crippen LogP contribution < -0.4 is 10.6 Å². The topological polar surface area (TPSA) is 92.0 Å². The van der Waals surface area contributed by atoms with E-state index < -0.39 is 5.60 Å². The van der Waals surface area contributed by atoms with E-state index in [0.717, 1.165) is 47.1 Å². The van der Waals surface area contributed by atoms with Gasteiger partial charge in [-0.15, -0.1) is 0 Å². The number of benzene rings is 1. The van der Waals surface area contributed by atoms with Gasteiger partial charge >= 0.3 is 6.09 Å². The molecule has 2 N–H and O–H groups in total. The number of carbonyl (C=O) groups excluding carboxylic acids is 1. The summed E-state index contributed by atoms with van der Waals surface area (Å²) in [6, 6.07) is 8.13. The summed E-state index contributed by atoms with van der Waals surface area (Å²) >= 11 is 0. The lowest BCUT2D eigenvalue weighted by Gasteiger charge is -2.24. The second-order valence-corrected chi connectivity index (χ2v) is 8.56. The summed E-state index contributed by atoms with van der Waals surface area (Å²) < 4.78 is 10.6. The maximum absolute atomic E-state index is 12.1. The first kappa shape index (κ1) is 24.2. The Hall–Kier alpha value is -3.03. The molecule has 0 fully saturated rings. The van der Waals surface area contributed by atoms with E-state index >= 15 is 0 Å². The van der Waals surface area contributed by atoms with Crippen LogP contribution in [0.1, 0.15) is 48.9 Å². The number of hydrogen-bond donors (Lipinski definition) is 2. The van der Waals surface area contributed by atoms with Crippen LogP contribution in [-0.2, 0) is 24.2 Å². The lowest BCUT2D eigenvalue weighted by atomic mass is 10.1. The molecule has 1 heterocycles. The Morgan fingerprint density at radius 3 is 2.35 bits per heavy atom. The summed E-state index contributed by atoms with van der Waals surface area (Å²) in [4.78, 5) is 17.9. The number of ether oxygens (including phenoxy) is 1. The number of aromatic nitrogens is 1. The second kappa shape index (κ2) is 10.8. The molecule has 0 radical (unpaired) electrons. The second-order valence-electron chi connectivity index (χ2n) is 8.56. The molecule has 1 amide bonds. The Bertz CT molecular complexity index is 862. The van der Waals surface area contributed by atoms with E-state index in [1.165, 1.54) is 0 Å². The fourth-order valence-electron chi connectivity index (χ4n) is 3.01. The third kappa shape index (κ3) is 7.96. The molecule has 8 nitrogen and oxygen atoms in total. The van der Waals surface area contributed by atoms with Crippen molar-refractivity contribution in [1.82, 2.24) is 20.7 Å². The first-order chi connectivity index (χ1) is 14.6. The van der Waals surface area contributed by atoms with E-state index in [2.05, 4.69) is 20.8 Å². The average molecular weight is 430 g/mol. The Morgan fingerprint density at radius 1 is 1.16 bits per heavy atom. The van der Waals surface area contributed by atoms with E-state index in [4.69, 9.17) is 9.26 Å². The maximum atomic E-state index is 12.1. The average Bonchev–Trinajstić information content (AvgIpc) is 3.02. The van der Waals surface area contributed by atoms with Crippen molar-refractivity contribution in [3.63, 3.8) is 0 Å². The molecule has 8 heteroatoms. The third-order valence-electron chi connectivity index (χ3n) is 4.68. The number of guanidine groups is 1. The van der Waals surface area contributed by atoms with Crippen molar-refractivity contribution in [2.24, 2.45) is 4.99 Å². The molecule has 0 unspecified atom stereocenters. The van der Waals surface area contributed by atoms with Crippen LogP contribution in [0.3, 0.4) is 0 Å². The summed E-state index contributed by atoms with van der Waals surface area (Å²) in [5, 5.41) is 10.6. The van der Waals surface area contributed by atoms with Gasteiger partial charge in [0, 0.05) is 39.3 Å². The van der Waals surface area contributed by atoms with Gasteiger partial charge in [-0.1, -0.05) is 29.4 Å². The molecule has 31 heavy (non-hydrogen) atoms. The minimum absolute atomic E-state index is 0.329. The Morgan fingerprint density at radius 2 is 1.81 bits per heavy atom. The predicted molar refractivity (Wildman–Crippen MR) is 122 cm³/mol. The normalized spacial score (nSPS) is 11.9. The van der Waals surface area contributed by atoms with Gasteiger partial charge in [-0.25, -0.2) is 4.79 Å². The number of hydrogen-bond acceptors (Lipinski definition) is 5. The van der Waals surface area contributed by atoms with E-state index in [0.29, 0.717) is 13.1 Å². The Balaban J connectivity index is 1.79. The van der Waals surface area contributed by atoms with Crippen LogP contribution in [0.2, 0.25) is 0 Å². The maximum Gasteiger partial charge on any atom is 0.410 e. The molecule has 0 aliphatic carbocycles. The molecule has 1 aromatic heterocycles. The van der Waals surface area contributed by atoms with Crippen molar-refractivity contribution in [3.8, 4) is 0 Å². The van der Waals surface area contributed by atoms with Gasteiger partial charge in [0.05, 0.1) is 5.69 Å². The molecule has 1 aromatic carbocycles. The van der Waals surface area contributed by atoms with Crippen molar-refractivity contribution in [1.29, 1.82) is 0 Å². The van der Waals surface area contributed by atoms with Gasteiger partial charge < -0.3 is 24.8 Å². The number of nitrogens with zero attached hydrogens (tertiary/aromatic N) is 3. The smallest absolute Gasteiger partial charge is 0.410 e. The molecule has 0 aliphatic heterocycles. The summed E-state index contributed by atoms with van der Waals surface area (Å²) in [5.74, 6) is 1.60. The van der Waals surface area contributed by atoms with Gasteiger partial charge in [0.1, 0.15) is 11.4 Å². The van der Waals surface area contributed by atoms with Crippen LogP contribution in [-0.4, -0.2) is 48.4 Å². The first-order valence-electron chi connectivity index (χ1n) is 10.5. The molecular formula is C23H35N5O3. The van der Waals surface area contributed by atoms with Crippen molar-refractivity contribution in [2.45, 2.75) is 59.7 Å². The van der Waals surface area contributed by atoms with Crippen LogP contribution in [0.15, 0.2) is 33.8 Å². The highest BCUT2D eigenvalue weighted by molar-refractivity contribution is 5.79. The van der Waals surface area contributed by atoms with E-state index in [9.17, 15) is 4.79 Å². The minimum atomic E-state index is -0.499. The molecular weight excluding hydrogens is 394 g/mol. The molecule has 2 rings (SSSR count). The zero-order valence-electron chi connectivity index (χ0n) is 19.7. The van der Waals surface area contributed by atoms with Crippen molar-refractivity contribution in [2.75, 3.05) is 20.6 Å². The molecule has 0 aliphatic rings. The van der Waals surface area contributed by atoms with Crippen LogP contribution in [0.25, 0.3) is 0 Å². The van der Waals surface area contributed by atoms with Crippen LogP contribution in [0.4, 0.5) is 4.79 Å². The van der Waals surface area contributed by atoms with E-state index in [1.807, 2.05) is 58.9 Å². The molecule has 170 valence electrons. The molecule has 0 spiro atoms. The SMILES string of the molecule is CN=C(NCCc1c(C)noc1C)NCc1ccc(CN(C)C(=O)OC(C)(C)C)cc1. The molecule has 0 saturated heterocycles. The third-order valence-corrected chi connectivity index (χ3v) is 4.68. The summed E-state index contributed by atoms with van der Waals surface area (Å²) in [5.41, 5.74) is 3.73. The zero-order chi connectivity index (χ0) is 23.0. The zero-order valence-corrected chi connectivity index (χ0v) is 19.7. The number of carbonyl (C=O) groups is 1. The lowest BCUT2D eigenvalue weighted by molar-refractivity contribution is 0.0285. The van der Waals surface area contributed by atoms with Gasteiger partial charge in [-0.05, 0) is 52.2 Å². The number of amides is 1. The van der Waals surface area contributed by atoms with Crippen LogP contribution in [0, 0.1) is 13.8 Å². The number of aryl methyl sites for hydroxylation is 2. The highest BCUT2D eigenvalue weighted by Crippen LogP contribution is 2.13.